The number of hydrogen-bond donors (Lipinski definition) is 2. The third-order valence-electron chi connectivity index (χ3n) is 2.82. The van der Waals surface area contributed by atoms with Gasteiger partial charge in [-0.25, -0.2) is 9.18 Å². The lowest BCUT2D eigenvalue weighted by Crippen LogP contribution is -2.02. The van der Waals surface area contributed by atoms with E-state index in [0.717, 1.165) is 0 Å². The number of carbonyl (C=O) groups is 1. The molecule has 0 aliphatic heterocycles. The van der Waals surface area contributed by atoms with Crippen molar-refractivity contribution in [1.29, 1.82) is 0 Å². The summed E-state index contributed by atoms with van der Waals surface area (Å²) in [6, 6.07) is 8.88. The minimum absolute atomic E-state index is 0.198. The van der Waals surface area contributed by atoms with Gasteiger partial charge in [0, 0.05) is 5.56 Å². The summed E-state index contributed by atoms with van der Waals surface area (Å²) in [6.07, 6.45) is 0. The van der Waals surface area contributed by atoms with Crippen LogP contribution in [0.1, 0.15) is 15.9 Å². The van der Waals surface area contributed by atoms with Crippen molar-refractivity contribution >= 4 is 5.97 Å². The second kappa shape index (κ2) is 4.49. The van der Waals surface area contributed by atoms with E-state index in [0.29, 0.717) is 16.7 Å². The molecule has 0 radical (unpaired) electrons. The van der Waals surface area contributed by atoms with Crippen molar-refractivity contribution in [1.82, 2.24) is 0 Å². The molecule has 0 amide bonds. The van der Waals surface area contributed by atoms with Crippen molar-refractivity contribution in [2.24, 2.45) is 0 Å². The highest BCUT2D eigenvalue weighted by molar-refractivity contribution is 5.95. The van der Waals surface area contributed by atoms with Gasteiger partial charge in [-0.05, 0) is 30.2 Å². The number of benzene rings is 2. The quantitative estimate of drug-likeness (QED) is 0.855. The Morgan fingerprint density at radius 2 is 1.78 bits per heavy atom. The van der Waals surface area contributed by atoms with E-state index >= 15 is 0 Å². The highest BCUT2D eigenvalue weighted by atomic mass is 19.1. The fraction of sp³-hybridized carbons (Fsp3) is 0.0714. The largest absolute Gasteiger partial charge is 0.507 e. The van der Waals surface area contributed by atoms with Crippen molar-refractivity contribution in [2.75, 3.05) is 0 Å². The van der Waals surface area contributed by atoms with Crippen molar-refractivity contribution in [3.63, 3.8) is 0 Å². The molecular formula is C14H11FO3. The predicted octanol–water partition coefficient (Wildman–Crippen LogP) is 3.20. The number of rotatable bonds is 2. The van der Waals surface area contributed by atoms with Crippen LogP contribution in [0.2, 0.25) is 0 Å². The maximum absolute atomic E-state index is 13.7. The Hall–Kier alpha value is -2.36. The zero-order valence-corrected chi connectivity index (χ0v) is 9.64. The fourth-order valence-corrected chi connectivity index (χ4v) is 1.94. The summed E-state index contributed by atoms with van der Waals surface area (Å²) in [5.74, 6) is -1.98. The van der Waals surface area contributed by atoms with E-state index in [1.807, 2.05) is 0 Å². The van der Waals surface area contributed by atoms with Crippen LogP contribution in [0.25, 0.3) is 11.1 Å². The van der Waals surface area contributed by atoms with E-state index in [-0.39, 0.29) is 11.3 Å². The maximum Gasteiger partial charge on any atom is 0.339 e. The standard InChI is InChI=1S/C14H11FO3/c1-8-9(10-4-2-3-5-11(10)15)6-7-12(16)13(8)14(17)18/h2-7,16H,1H3,(H,17,18). The van der Waals surface area contributed by atoms with Crippen LogP contribution in [0.4, 0.5) is 4.39 Å². The van der Waals surface area contributed by atoms with Gasteiger partial charge < -0.3 is 10.2 Å². The van der Waals surface area contributed by atoms with Crippen molar-refractivity contribution in [3.8, 4) is 16.9 Å². The Bertz CT molecular complexity index is 620. The van der Waals surface area contributed by atoms with Crippen LogP contribution in [-0.4, -0.2) is 16.2 Å². The SMILES string of the molecule is Cc1c(-c2ccccc2F)ccc(O)c1C(=O)O. The molecule has 0 fully saturated rings. The van der Waals surface area contributed by atoms with Gasteiger partial charge in [0.25, 0.3) is 0 Å². The smallest absolute Gasteiger partial charge is 0.339 e. The molecule has 0 aliphatic rings. The van der Waals surface area contributed by atoms with Gasteiger partial charge in [0.1, 0.15) is 17.1 Å². The molecule has 2 aromatic carbocycles. The molecule has 0 heterocycles. The lowest BCUT2D eigenvalue weighted by molar-refractivity contribution is 0.0693. The van der Waals surface area contributed by atoms with Gasteiger partial charge in [0.05, 0.1) is 0 Å². The number of aromatic carboxylic acids is 1. The topological polar surface area (TPSA) is 57.5 Å². The van der Waals surface area contributed by atoms with Crippen LogP contribution >= 0.6 is 0 Å². The molecule has 2 rings (SSSR count). The first-order chi connectivity index (χ1) is 8.52. The van der Waals surface area contributed by atoms with E-state index in [4.69, 9.17) is 5.11 Å². The molecular weight excluding hydrogens is 235 g/mol. The van der Waals surface area contributed by atoms with Crippen LogP contribution in [-0.2, 0) is 0 Å². The summed E-state index contributed by atoms with van der Waals surface area (Å²) < 4.78 is 13.7. The predicted molar refractivity (Wildman–Crippen MR) is 65.2 cm³/mol. The van der Waals surface area contributed by atoms with Gasteiger partial charge in [-0.2, -0.15) is 0 Å². The van der Waals surface area contributed by atoms with Crippen LogP contribution in [0, 0.1) is 12.7 Å². The minimum Gasteiger partial charge on any atom is -0.507 e. The summed E-state index contributed by atoms with van der Waals surface area (Å²) in [7, 11) is 0. The monoisotopic (exact) mass is 246 g/mol. The van der Waals surface area contributed by atoms with E-state index in [2.05, 4.69) is 0 Å². The molecule has 0 saturated carbocycles. The average Bonchev–Trinajstić information content (AvgIpc) is 2.30. The Kier molecular flexibility index (Phi) is 3.02. The summed E-state index contributed by atoms with van der Waals surface area (Å²) in [4.78, 5) is 11.1. The molecule has 0 saturated heterocycles. The van der Waals surface area contributed by atoms with Crippen LogP contribution in [0.3, 0.4) is 0 Å². The Morgan fingerprint density at radius 1 is 1.11 bits per heavy atom. The lowest BCUT2D eigenvalue weighted by Gasteiger charge is -2.11. The maximum atomic E-state index is 13.7. The second-order valence-electron chi connectivity index (χ2n) is 3.92. The van der Waals surface area contributed by atoms with E-state index in [9.17, 15) is 14.3 Å². The molecule has 2 N–H and O–H groups in total. The molecule has 0 unspecified atom stereocenters. The molecule has 18 heavy (non-hydrogen) atoms. The number of carboxylic acid groups (broad SMARTS) is 1. The third kappa shape index (κ3) is 1.93. The zero-order valence-electron chi connectivity index (χ0n) is 9.64. The summed E-state index contributed by atoms with van der Waals surface area (Å²) >= 11 is 0. The van der Waals surface area contributed by atoms with Crippen LogP contribution < -0.4 is 0 Å². The van der Waals surface area contributed by atoms with Gasteiger partial charge in [-0.1, -0.05) is 24.3 Å². The normalized spacial score (nSPS) is 10.3. The van der Waals surface area contributed by atoms with Crippen LogP contribution in [0.15, 0.2) is 36.4 Å². The molecule has 92 valence electrons. The first kappa shape index (κ1) is 12.1. The lowest BCUT2D eigenvalue weighted by atomic mass is 9.95. The molecule has 0 spiro atoms. The van der Waals surface area contributed by atoms with E-state index in [1.54, 1.807) is 25.1 Å². The van der Waals surface area contributed by atoms with Gasteiger partial charge in [0.2, 0.25) is 0 Å². The summed E-state index contributed by atoms with van der Waals surface area (Å²) in [5.41, 5.74) is 0.921. The number of phenols is 1. The first-order valence-corrected chi connectivity index (χ1v) is 5.33. The molecule has 0 aromatic heterocycles. The summed E-state index contributed by atoms with van der Waals surface area (Å²) in [5, 5.41) is 18.6. The van der Waals surface area contributed by atoms with Crippen LogP contribution in [0.5, 0.6) is 5.75 Å². The van der Waals surface area contributed by atoms with Crippen molar-refractivity contribution < 1.29 is 19.4 Å². The van der Waals surface area contributed by atoms with E-state index < -0.39 is 11.8 Å². The molecule has 2 aromatic rings. The third-order valence-corrected chi connectivity index (χ3v) is 2.82. The number of carboxylic acids is 1. The van der Waals surface area contributed by atoms with Crippen molar-refractivity contribution in [3.05, 3.63) is 53.3 Å². The second-order valence-corrected chi connectivity index (χ2v) is 3.92. The molecule has 0 bridgehead atoms. The first-order valence-electron chi connectivity index (χ1n) is 5.33. The van der Waals surface area contributed by atoms with E-state index in [1.165, 1.54) is 18.2 Å². The Balaban J connectivity index is 2.71. The Morgan fingerprint density at radius 3 is 2.39 bits per heavy atom. The molecule has 0 aliphatic carbocycles. The van der Waals surface area contributed by atoms with Gasteiger partial charge in [0.15, 0.2) is 0 Å². The fourth-order valence-electron chi connectivity index (χ4n) is 1.94. The van der Waals surface area contributed by atoms with Crippen molar-refractivity contribution in [2.45, 2.75) is 6.92 Å². The zero-order chi connectivity index (χ0) is 13.3. The van der Waals surface area contributed by atoms with Gasteiger partial charge in [-0.3, -0.25) is 0 Å². The summed E-state index contributed by atoms with van der Waals surface area (Å²) in [6.45, 7) is 1.55. The number of halogens is 1. The Labute approximate surface area is 103 Å². The minimum atomic E-state index is -1.23. The van der Waals surface area contributed by atoms with Gasteiger partial charge >= 0.3 is 5.97 Å². The number of aromatic hydroxyl groups is 1. The molecule has 3 nitrogen and oxygen atoms in total. The highest BCUT2D eigenvalue weighted by Gasteiger charge is 2.17. The average molecular weight is 246 g/mol. The molecule has 0 atom stereocenters. The number of hydrogen-bond acceptors (Lipinski definition) is 2. The molecule has 4 heteroatoms. The van der Waals surface area contributed by atoms with Gasteiger partial charge in [-0.15, -0.1) is 0 Å². The highest BCUT2D eigenvalue weighted by Crippen LogP contribution is 2.32.